The van der Waals surface area contributed by atoms with Crippen molar-refractivity contribution in [2.75, 3.05) is 33.4 Å². The van der Waals surface area contributed by atoms with Crippen LogP contribution in [0.15, 0.2) is 18.2 Å². The second kappa shape index (κ2) is 7.27. The van der Waals surface area contributed by atoms with Crippen LogP contribution in [-0.2, 0) is 4.74 Å². The van der Waals surface area contributed by atoms with Crippen LogP contribution >= 0.6 is 0 Å². The van der Waals surface area contributed by atoms with Crippen molar-refractivity contribution in [2.45, 2.75) is 31.7 Å². The fourth-order valence-corrected chi connectivity index (χ4v) is 4.18. The van der Waals surface area contributed by atoms with Crippen molar-refractivity contribution in [3.63, 3.8) is 0 Å². The summed E-state index contributed by atoms with van der Waals surface area (Å²) in [6.07, 6.45) is 4.66. The molecule has 1 aliphatic carbocycles. The van der Waals surface area contributed by atoms with E-state index in [-0.39, 0.29) is 11.9 Å². The molecule has 0 aromatic heterocycles. The minimum absolute atomic E-state index is 0.0274. The summed E-state index contributed by atoms with van der Waals surface area (Å²) >= 11 is 0. The molecule has 0 bridgehead atoms. The van der Waals surface area contributed by atoms with Crippen molar-refractivity contribution in [3.8, 4) is 5.75 Å². The van der Waals surface area contributed by atoms with E-state index in [1.165, 1.54) is 26.4 Å². The van der Waals surface area contributed by atoms with Gasteiger partial charge >= 0.3 is 5.97 Å². The predicted octanol–water partition coefficient (Wildman–Crippen LogP) is 2.09. The number of hydrogen-bond donors (Lipinski definition) is 1. The van der Waals surface area contributed by atoms with Crippen LogP contribution in [0.3, 0.4) is 0 Å². The number of nitrogens with one attached hydrogen (secondary N) is 1. The lowest BCUT2D eigenvalue weighted by atomic mass is 9.86. The Morgan fingerprint density at radius 1 is 1.15 bits per heavy atom. The third-order valence-corrected chi connectivity index (χ3v) is 5.99. The van der Waals surface area contributed by atoms with E-state index in [0.717, 1.165) is 26.1 Å². The zero-order valence-corrected chi connectivity index (χ0v) is 15.2. The van der Waals surface area contributed by atoms with Gasteiger partial charge in [0.2, 0.25) is 0 Å². The minimum Gasteiger partial charge on any atom is -0.493 e. The molecule has 2 heterocycles. The molecule has 6 nitrogen and oxygen atoms in total. The number of rotatable bonds is 5. The first-order valence-corrected chi connectivity index (χ1v) is 9.53. The van der Waals surface area contributed by atoms with Crippen LogP contribution in [0.5, 0.6) is 5.75 Å². The molecule has 4 rings (SSSR count). The molecule has 3 aliphatic rings. The van der Waals surface area contributed by atoms with Gasteiger partial charge in [0, 0.05) is 31.2 Å². The average molecular weight is 358 g/mol. The van der Waals surface area contributed by atoms with Gasteiger partial charge in [-0.2, -0.15) is 0 Å². The van der Waals surface area contributed by atoms with Gasteiger partial charge in [0.05, 0.1) is 19.3 Å². The summed E-state index contributed by atoms with van der Waals surface area (Å²) in [6, 6.07) is 5.32. The Bertz CT molecular complexity index is 701. The van der Waals surface area contributed by atoms with Crippen LogP contribution in [0.2, 0.25) is 0 Å². The van der Waals surface area contributed by atoms with Gasteiger partial charge in [-0.25, -0.2) is 4.79 Å². The van der Waals surface area contributed by atoms with Crippen LogP contribution < -0.4 is 10.1 Å². The number of likely N-dealkylation sites (tertiary alicyclic amines) is 1. The first-order chi connectivity index (χ1) is 12.7. The Morgan fingerprint density at radius 3 is 2.69 bits per heavy atom. The summed E-state index contributed by atoms with van der Waals surface area (Å²) in [5, 5.41) is 3.36. The van der Waals surface area contributed by atoms with Crippen molar-refractivity contribution in [3.05, 3.63) is 29.3 Å². The number of amides is 1. The van der Waals surface area contributed by atoms with Crippen molar-refractivity contribution >= 4 is 11.9 Å². The molecular weight excluding hydrogens is 332 g/mol. The van der Waals surface area contributed by atoms with Crippen LogP contribution in [0.25, 0.3) is 0 Å². The van der Waals surface area contributed by atoms with Crippen LogP contribution in [0.1, 0.15) is 46.4 Å². The van der Waals surface area contributed by atoms with E-state index < -0.39 is 5.97 Å². The van der Waals surface area contributed by atoms with E-state index in [1.54, 1.807) is 18.2 Å². The Balaban J connectivity index is 1.56. The monoisotopic (exact) mass is 358 g/mol. The molecule has 1 aromatic carbocycles. The maximum atomic E-state index is 13.1. The fraction of sp³-hybridized carbons (Fsp3) is 0.600. The lowest BCUT2D eigenvalue weighted by Gasteiger charge is -2.26. The van der Waals surface area contributed by atoms with Gasteiger partial charge in [0.1, 0.15) is 5.75 Å². The van der Waals surface area contributed by atoms with E-state index >= 15 is 0 Å². The molecule has 26 heavy (non-hydrogen) atoms. The first kappa shape index (κ1) is 17.3. The smallest absolute Gasteiger partial charge is 0.338 e. The maximum Gasteiger partial charge on any atom is 0.338 e. The van der Waals surface area contributed by atoms with Crippen LogP contribution in [0.4, 0.5) is 0 Å². The van der Waals surface area contributed by atoms with Crippen LogP contribution in [0, 0.1) is 11.8 Å². The summed E-state index contributed by atoms with van der Waals surface area (Å²) < 4.78 is 10.7. The SMILES string of the molecule is COC(=O)c1cc(OCC2CCC2)cc(C(=O)N2CC[C@@H]3CNC[C@@H]32)c1. The molecule has 0 spiro atoms. The Labute approximate surface area is 153 Å². The van der Waals surface area contributed by atoms with E-state index in [0.29, 0.717) is 35.3 Å². The van der Waals surface area contributed by atoms with Gasteiger partial charge < -0.3 is 19.7 Å². The normalized spacial score (nSPS) is 24.9. The third-order valence-electron chi connectivity index (χ3n) is 5.99. The molecule has 2 saturated heterocycles. The summed E-state index contributed by atoms with van der Waals surface area (Å²) in [5.41, 5.74) is 0.867. The summed E-state index contributed by atoms with van der Waals surface area (Å²) in [6.45, 7) is 3.23. The summed E-state index contributed by atoms with van der Waals surface area (Å²) in [7, 11) is 1.35. The number of carbonyl (C=O) groups is 2. The number of fused-ring (bicyclic) bond motifs is 1. The minimum atomic E-state index is -0.449. The number of nitrogens with zero attached hydrogens (tertiary/aromatic N) is 1. The van der Waals surface area contributed by atoms with E-state index in [4.69, 9.17) is 9.47 Å². The Morgan fingerprint density at radius 2 is 1.96 bits per heavy atom. The lowest BCUT2D eigenvalue weighted by molar-refractivity contribution is 0.0600. The van der Waals surface area contributed by atoms with E-state index in [1.807, 2.05) is 4.90 Å². The molecule has 6 heteroatoms. The number of benzene rings is 1. The summed E-state index contributed by atoms with van der Waals surface area (Å²) in [4.78, 5) is 27.1. The largest absolute Gasteiger partial charge is 0.493 e. The molecule has 140 valence electrons. The maximum absolute atomic E-state index is 13.1. The second-order valence-electron chi connectivity index (χ2n) is 7.62. The van der Waals surface area contributed by atoms with Gasteiger partial charge in [0.15, 0.2) is 0 Å². The number of carbonyl (C=O) groups excluding carboxylic acids is 2. The van der Waals surface area contributed by atoms with Gasteiger partial charge in [-0.1, -0.05) is 6.42 Å². The van der Waals surface area contributed by atoms with E-state index in [2.05, 4.69) is 5.32 Å². The molecule has 1 amide bonds. The molecule has 0 radical (unpaired) electrons. The standard InChI is InChI=1S/C20H26N2O4/c1-25-20(24)16-7-15(8-17(9-16)26-12-13-3-2-4-13)19(23)22-6-5-14-10-21-11-18(14)22/h7-9,13-14,18,21H,2-6,10-12H2,1H3/t14-,18+/m1/s1. The van der Waals surface area contributed by atoms with Gasteiger partial charge in [-0.15, -0.1) is 0 Å². The third kappa shape index (κ3) is 3.30. The molecule has 1 aromatic rings. The van der Waals surface area contributed by atoms with Crippen molar-refractivity contribution in [1.82, 2.24) is 10.2 Å². The first-order valence-electron chi connectivity index (χ1n) is 9.53. The number of esters is 1. The van der Waals surface area contributed by atoms with Gasteiger partial charge in [0.25, 0.3) is 5.91 Å². The lowest BCUT2D eigenvalue weighted by Crippen LogP contribution is -2.39. The molecular formula is C20H26N2O4. The average Bonchev–Trinajstić information content (AvgIpc) is 3.22. The highest BCUT2D eigenvalue weighted by molar-refractivity contribution is 5.99. The molecule has 0 unspecified atom stereocenters. The highest BCUT2D eigenvalue weighted by Crippen LogP contribution is 2.31. The molecule has 1 N–H and O–H groups in total. The molecule has 3 fully saturated rings. The highest BCUT2D eigenvalue weighted by atomic mass is 16.5. The number of methoxy groups -OCH3 is 1. The van der Waals surface area contributed by atoms with Crippen molar-refractivity contribution < 1.29 is 19.1 Å². The van der Waals surface area contributed by atoms with Gasteiger partial charge in [-0.05, 0) is 49.3 Å². The molecule has 1 saturated carbocycles. The number of hydrogen-bond acceptors (Lipinski definition) is 5. The zero-order chi connectivity index (χ0) is 18.1. The summed E-state index contributed by atoms with van der Waals surface area (Å²) in [5.74, 6) is 1.22. The van der Waals surface area contributed by atoms with Crippen molar-refractivity contribution in [2.24, 2.45) is 11.8 Å². The fourth-order valence-electron chi connectivity index (χ4n) is 4.18. The molecule has 2 aliphatic heterocycles. The van der Waals surface area contributed by atoms with E-state index in [9.17, 15) is 9.59 Å². The van der Waals surface area contributed by atoms with Crippen LogP contribution in [-0.4, -0.2) is 56.2 Å². The zero-order valence-electron chi connectivity index (χ0n) is 15.2. The Hall–Kier alpha value is -2.08. The number of ether oxygens (including phenoxy) is 2. The predicted molar refractivity (Wildman–Crippen MR) is 96.4 cm³/mol. The topological polar surface area (TPSA) is 67.9 Å². The van der Waals surface area contributed by atoms with Crippen molar-refractivity contribution in [1.29, 1.82) is 0 Å². The van der Waals surface area contributed by atoms with Gasteiger partial charge in [-0.3, -0.25) is 4.79 Å². The quantitative estimate of drug-likeness (QED) is 0.817. The Kier molecular flexibility index (Phi) is 4.85. The highest BCUT2D eigenvalue weighted by Gasteiger charge is 2.40. The second-order valence-corrected chi connectivity index (χ2v) is 7.62. The molecule has 2 atom stereocenters.